The van der Waals surface area contributed by atoms with Crippen LogP contribution in [0.3, 0.4) is 0 Å². The van der Waals surface area contributed by atoms with Gasteiger partial charge in [0.2, 0.25) is 0 Å². The second kappa shape index (κ2) is 5.77. The maximum absolute atomic E-state index is 12.5. The minimum absolute atomic E-state index is 0.0720. The first-order chi connectivity index (χ1) is 10.4. The molecule has 0 spiro atoms. The fraction of sp³-hybridized carbons (Fsp3) is 0.692. The summed E-state index contributed by atoms with van der Waals surface area (Å²) in [6.45, 7) is 4.28. The van der Waals surface area contributed by atoms with Crippen LogP contribution in [0.15, 0.2) is 15.8 Å². The highest BCUT2D eigenvalue weighted by Crippen LogP contribution is 2.51. The number of hydrogen-bond donors (Lipinski definition) is 2. The largest absolute Gasteiger partial charge is 0.353 e. The normalized spacial score (nSPS) is 34.5. The molecule has 0 aliphatic carbocycles. The zero-order valence-electron chi connectivity index (χ0n) is 12.6. The summed E-state index contributed by atoms with van der Waals surface area (Å²) >= 11 is 0. The van der Waals surface area contributed by atoms with Gasteiger partial charge in [-0.2, -0.15) is 0 Å². The fourth-order valence-electron chi connectivity index (χ4n) is 3.07. The lowest BCUT2D eigenvalue weighted by atomic mass is 10.0. The third-order valence-electron chi connectivity index (χ3n) is 4.16. The number of aromatic nitrogens is 2. The van der Waals surface area contributed by atoms with Crippen LogP contribution in [0.5, 0.6) is 0 Å². The minimum atomic E-state index is -2.81. The SMILES string of the molecule is CCOP1(=O)C[C@H]2C[C@H](n3cc(C)c(=O)[nH]c3=O)O[C@@H]2CN1. The van der Waals surface area contributed by atoms with Crippen molar-refractivity contribution in [2.45, 2.75) is 32.6 Å². The summed E-state index contributed by atoms with van der Waals surface area (Å²) in [6.07, 6.45) is 1.94. The standard InChI is InChI=1S/C13H20N3O5P/c1-3-20-22(19)7-9-4-11(21-10(9)5-14-22)16-6-8(2)12(17)15-13(16)18/h6,9-11H,3-5,7H2,1-2H3,(H,14,19)(H,15,17,18)/t9-,10-,11-,22?/m1/s1. The molecule has 0 bridgehead atoms. The molecule has 2 aliphatic heterocycles. The van der Waals surface area contributed by atoms with Crippen LogP contribution in [0.4, 0.5) is 0 Å². The predicted octanol–water partition coefficient (Wildman–Crippen LogP) is 0.582. The van der Waals surface area contributed by atoms with E-state index in [2.05, 4.69) is 10.1 Å². The highest BCUT2D eigenvalue weighted by Gasteiger charge is 2.45. The van der Waals surface area contributed by atoms with Crippen LogP contribution in [-0.4, -0.2) is 35.0 Å². The summed E-state index contributed by atoms with van der Waals surface area (Å²) in [7, 11) is -2.81. The van der Waals surface area contributed by atoms with E-state index in [1.165, 1.54) is 10.8 Å². The summed E-state index contributed by atoms with van der Waals surface area (Å²) in [5.41, 5.74) is -0.421. The van der Waals surface area contributed by atoms with E-state index in [-0.39, 0.29) is 17.6 Å². The van der Waals surface area contributed by atoms with Gasteiger partial charge in [0, 0.05) is 30.4 Å². The quantitative estimate of drug-likeness (QED) is 0.787. The molecule has 22 heavy (non-hydrogen) atoms. The summed E-state index contributed by atoms with van der Waals surface area (Å²) in [5.74, 6) is 0.0720. The molecule has 1 aromatic rings. The lowest BCUT2D eigenvalue weighted by Gasteiger charge is -2.31. The number of H-pyrrole nitrogens is 1. The van der Waals surface area contributed by atoms with Crippen molar-refractivity contribution in [3.8, 4) is 0 Å². The van der Waals surface area contributed by atoms with Crippen LogP contribution in [0.25, 0.3) is 0 Å². The Hall–Kier alpha value is -1.21. The van der Waals surface area contributed by atoms with Gasteiger partial charge in [-0.25, -0.2) is 9.88 Å². The van der Waals surface area contributed by atoms with Gasteiger partial charge in [-0.3, -0.25) is 18.9 Å². The van der Waals surface area contributed by atoms with E-state index in [0.717, 1.165) is 0 Å². The van der Waals surface area contributed by atoms with Crippen molar-refractivity contribution >= 4 is 7.52 Å². The second-order valence-corrected chi connectivity index (χ2v) is 8.03. The molecule has 8 nitrogen and oxygen atoms in total. The molecule has 3 heterocycles. The van der Waals surface area contributed by atoms with E-state index in [1.807, 2.05) is 6.92 Å². The number of hydrogen-bond acceptors (Lipinski definition) is 5. The molecular weight excluding hydrogens is 309 g/mol. The molecule has 2 saturated heterocycles. The maximum atomic E-state index is 12.5. The van der Waals surface area contributed by atoms with Crippen LogP contribution < -0.4 is 16.3 Å². The molecule has 1 unspecified atom stereocenters. The van der Waals surface area contributed by atoms with Crippen molar-refractivity contribution in [2.75, 3.05) is 19.3 Å². The zero-order chi connectivity index (χ0) is 15.9. The minimum Gasteiger partial charge on any atom is -0.353 e. The molecule has 0 saturated carbocycles. The lowest BCUT2D eigenvalue weighted by molar-refractivity contribution is -0.00548. The number of aryl methyl sites for hydroxylation is 1. The molecule has 2 fully saturated rings. The number of ether oxygens (including phenoxy) is 1. The predicted molar refractivity (Wildman–Crippen MR) is 80.2 cm³/mol. The smallest absolute Gasteiger partial charge is 0.330 e. The molecule has 4 atom stereocenters. The summed E-state index contributed by atoms with van der Waals surface area (Å²) in [6, 6.07) is 0. The third-order valence-corrected chi connectivity index (χ3v) is 6.45. The van der Waals surface area contributed by atoms with Crippen molar-refractivity contribution in [1.82, 2.24) is 14.6 Å². The fourth-order valence-corrected chi connectivity index (χ4v) is 5.28. The monoisotopic (exact) mass is 329 g/mol. The van der Waals surface area contributed by atoms with Gasteiger partial charge in [-0.05, 0) is 20.3 Å². The first kappa shape index (κ1) is 15.7. The number of aromatic amines is 1. The molecule has 9 heteroatoms. The molecular formula is C13H20N3O5P. The highest BCUT2D eigenvalue weighted by atomic mass is 31.2. The second-order valence-electron chi connectivity index (χ2n) is 5.74. The van der Waals surface area contributed by atoms with Crippen LogP contribution in [-0.2, 0) is 13.8 Å². The Labute approximate surface area is 127 Å². The number of fused-ring (bicyclic) bond motifs is 1. The summed E-state index contributed by atoms with van der Waals surface area (Å²) < 4.78 is 25.1. The van der Waals surface area contributed by atoms with Crippen molar-refractivity contribution in [3.63, 3.8) is 0 Å². The van der Waals surface area contributed by atoms with Crippen molar-refractivity contribution in [3.05, 3.63) is 32.6 Å². The van der Waals surface area contributed by atoms with Gasteiger partial charge < -0.3 is 9.26 Å². The van der Waals surface area contributed by atoms with Crippen molar-refractivity contribution in [1.29, 1.82) is 0 Å². The Morgan fingerprint density at radius 1 is 1.50 bits per heavy atom. The van der Waals surface area contributed by atoms with Gasteiger partial charge in [0.25, 0.3) is 13.1 Å². The van der Waals surface area contributed by atoms with Gasteiger partial charge in [0.1, 0.15) is 6.23 Å². The van der Waals surface area contributed by atoms with Gasteiger partial charge in [0.05, 0.1) is 12.7 Å². The van der Waals surface area contributed by atoms with Gasteiger partial charge >= 0.3 is 5.69 Å². The van der Waals surface area contributed by atoms with E-state index in [4.69, 9.17) is 9.26 Å². The Bertz CT molecular complexity index is 727. The first-order valence-corrected chi connectivity index (χ1v) is 9.19. The van der Waals surface area contributed by atoms with Crippen LogP contribution in [0, 0.1) is 12.8 Å². The lowest BCUT2D eigenvalue weighted by Crippen LogP contribution is -2.38. The van der Waals surface area contributed by atoms with E-state index >= 15 is 0 Å². The molecule has 0 amide bonds. The number of nitrogens with one attached hydrogen (secondary N) is 2. The Balaban J connectivity index is 1.81. The summed E-state index contributed by atoms with van der Waals surface area (Å²) in [4.78, 5) is 25.7. The average Bonchev–Trinajstić information content (AvgIpc) is 2.85. The Morgan fingerprint density at radius 2 is 2.27 bits per heavy atom. The topological polar surface area (TPSA) is 102 Å². The van der Waals surface area contributed by atoms with Gasteiger partial charge in [-0.15, -0.1) is 0 Å². The molecule has 2 N–H and O–H groups in total. The van der Waals surface area contributed by atoms with Gasteiger partial charge in [0.15, 0.2) is 0 Å². The maximum Gasteiger partial charge on any atom is 0.330 e. The molecule has 0 aromatic carbocycles. The van der Waals surface area contributed by atoms with Crippen LogP contribution >= 0.6 is 7.52 Å². The molecule has 1 aromatic heterocycles. The molecule has 3 rings (SSSR count). The molecule has 2 aliphatic rings. The highest BCUT2D eigenvalue weighted by molar-refractivity contribution is 7.56. The number of nitrogens with zero attached hydrogens (tertiary/aromatic N) is 1. The molecule has 0 radical (unpaired) electrons. The Kier molecular flexibility index (Phi) is 4.11. The van der Waals surface area contributed by atoms with E-state index in [1.54, 1.807) is 6.92 Å². The van der Waals surface area contributed by atoms with Crippen LogP contribution in [0.2, 0.25) is 0 Å². The summed E-state index contributed by atoms with van der Waals surface area (Å²) in [5, 5.41) is 2.94. The Morgan fingerprint density at radius 3 is 3.00 bits per heavy atom. The van der Waals surface area contributed by atoms with Crippen molar-refractivity contribution in [2.24, 2.45) is 5.92 Å². The van der Waals surface area contributed by atoms with Crippen LogP contribution in [0.1, 0.15) is 25.1 Å². The zero-order valence-corrected chi connectivity index (χ0v) is 13.5. The first-order valence-electron chi connectivity index (χ1n) is 7.38. The van der Waals surface area contributed by atoms with Gasteiger partial charge in [-0.1, -0.05) is 0 Å². The average molecular weight is 329 g/mol. The number of rotatable bonds is 3. The van der Waals surface area contributed by atoms with E-state index in [0.29, 0.717) is 31.3 Å². The van der Waals surface area contributed by atoms with E-state index in [9.17, 15) is 14.2 Å². The third kappa shape index (κ3) is 2.84. The van der Waals surface area contributed by atoms with E-state index < -0.39 is 19.4 Å². The molecule has 122 valence electrons. The van der Waals surface area contributed by atoms with Crippen molar-refractivity contribution < 1.29 is 13.8 Å².